The molecule has 0 atom stereocenters. The van der Waals surface area contributed by atoms with Crippen LogP contribution < -0.4 is 10.6 Å². The number of hydrogen-bond donors (Lipinski definition) is 2. The van der Waals surface area contributed by atoms with Crippen molar-refractivity contribution in [2.24, 2.45) is 0 Å². The van der Waals surface area contributed by atoms with E-state index in [2.05, 4.69) is 10.6 Å². The van der Waals surface area contributed by atoms with Gasteiger partial charge in [0.05, 0.1) is 6.61 Å². The average Bonchev–Trinajstić information content (AvgIpc) is 2.41. The first kappa shape index (κ1) is 16.0. The van der Waals surface area contributed by atoms with Crippen LogP contribution in [0.1, 0.15) is 12.0 Å². The lowest BCUT2D eigenvalue weighted by molar-refractivity contribution is 0.199. The van der Waals surface area contributed by atoms with Crippen LogP contribution in [0.25, 0.3) is 0 Å². The molecule has 0 saturated carbocycles. The highest BCUT2D eigenvalue weighted by Gasteiger charge is 2.01. The number of ether oxygens (including phenoxy) is 1. The van der Waals surface area contributed by atoms with Crippen LogP contribution in [0.3, 0.4) is 0 Å². The van der Waals surface area contributed by atoms with E-state index in [0.29, 0.717) is 6.42 Å². The fourth-order valence-electron chi connectivity index (χ4n) is 1.69. The number of hydrogen-bond acceptors (Lipinski definition) is 3. The van der Waals surface area contributed by atoms with Crippen LogP contribution in [0.15, 0.2) is 18.2 Å². The van der Waals surface area contributed by atoms with Gasteiger partial charge >= 0.3 is 0 Å². The Labute approximate surface area is 113 Å². The molecule has 0 aromatic heterocycles. The van der Waals surface area contributed by atoms with Gasteiger partial charge in [-0.1, -0.05) is 6.07 Å². The largest absolute Gasteiger partial charge is 0.383 e. The maximum Gasteiger partial charge on any atom is 0.159 e. The summed E-state index contributed by atoms with van der Waals surface area (Å²) in [5.74, 6) is -1.57. The normalized spacial score (nSPS) is 10.9. The highest BCUT2D eigenvalue weighted by atomic mass is 19.2. The van der Waals surface area contributed by atoms with Gasteiger partial charge in [-0.05, 0) is 50.2 Å². The second-order valence-electron chi connectivity index (χ2n) is 4.34. The molecular formula is C14H22F2N2O. The summed E-state index contributed by atoms with van der Waals surface area (Å²) in [6, 6.07) is 4.04. The molecule has 5 heteroatoms. The quantitative estimate of drug-likeness (QED) is 0.636. The maximum atomic E-state index is 12.9. The predicted molar refractivity (Wildman–Crippen MR) is 72.3 cm³/mol. The summed E-state index contributed by atoms with van der Waals surface area (Å²) in [4.78, 5) is 0. The number of benzene rings is 1. The molecule has 2 N–H and O–H groups in total. The van der Waals surface area contributed by atoms with Crippen LogP contribution >= 0.6 is 0 Å². The fraction of sp³-hybridized carbons (Fsp3) is 0.571. The molecule has 1 rings (SSSR count). The number of methoxy groups -OCH3 is 1. The Morgan fingerprint density at radius 1 is 1.00 bits per heavy atom. The predicted octanol–water partition coefficient (Wildman–Crippen LogP) is 1.72. The van der Waals surface area contributed by atoms with Crippen molar-refractivity contribution < 1.29 is 13.5 Å². The number of nitrogens with one attached hydrogen (secondary N) is 2. The summed E-state index contributed by atoms with van der Waals surface area (Å²) in [5.41, 5.74) is 0.810. The highest BCUT2D eigenvalue weighted by Crippen LogP contribution is 2.08. The Morgan fingerprint density at radius 3 is 2.42 bits per heavy atom. The van der Waals surface area contributed by atoms with E-state index in [1.165, 1.54) is 12.1 Å². The SMILES string of the molecule is COCCNCCCNCCc1ccc(F)c(F)c1. The van der Waals surface area contributed by atoms with Crippen LogP contribution in [-0.4, -0.2) is 39.9 Å². The van der Waals surface area contributed by atoms with Crippen LogP contribution in [0.2, 0.25) is 0 Å². The molecule has 0 aliphatic carbocycles. The molecule has 0 unspecified atom stereocenters. The molecule has 108 valence electrons. The Hall–Kier alpha value is -1.04. The minimum absolute atomic E-state index is 0.703. The standard InChI is InChI=1S/C14H22F2N2O/c1-19-10-9-18-7-2-6-17-8-5-12-3-4-13(15)14(16)11-12/h3-4,11,17-18H,2,5-10H2,1H3. The minimum atomic E-state index is -0.793. The van der Waals surface area contributed by atoms with Crippen molar-refractivity contribution in [3.05, 3.63) is 35.4 Å². The molecule has 0 spiro atoms. The lowest BCUT2D eigenvalue weighted by Crippen LogP contribution is -2.25. The molecule has 0 amide bonds. The Morgan fingerprint density at radius 2 is 1.74 bits per heavy atom. The number of rotatable bonds is 10. The summed E-state index contributed by atoms with van der Waals surface area (Å²) in [6.45, 7) is 4.21. The summed E-state index contributed by atoms with van der Waals surface area (Å²) in [5, 5.41) is 6.52. The van der Waals surface area contributed by atoms with Gasteiger partial charge in [-0.25, -0.2) is 8.78 Å². The highest BCUT2D eigenvalue weighted by molar-refractivity contribution is 5.17. The van der Waals surface area contributed by atoms with Crippen molar-refractivity contribution in [2.75, 3.05) is 39.9 Å². The van der Waals surface area contributed by atoms with Crippen molar-refractivity contribution in [3.63, 3.8) is 0 Å². The van der Waals surface area contributed by atoms with Gasteiger partial charge in [0.2, 0.25) is 0 Å². The van der Waals surface area contributed by atoms with Crippen LogP contribution in [0.4, 0.5) is 8.78 Å². The van der Waals surface area contributed by atoms with Crippen molar-refractivity contribution in [1.82, 2.24) is 10.6 Å². The van der Waals surface area contributed by atoms with E-state index < -0.39 is 11.6 Å². The molecule has 0 radical (unpaired) electrons. The third-order valence-electron chi connectivity index (χ3n) is 2.76. The summed E-state index contributed by atoms with van der Waals surface area (Å²) in [7, 11) is 1.68. The molecule has 0 aliphatic rings. The Balaban J connectivity index is 2.00. The summed E-state index contributed by atoms with van der Waals surface area (Å²) in [6.07, 6.45) is 1.73. The summed E-state index contributed by atoms with van der Waals surface area (Å²) >= 11 is 0. The van der Waals surface area contributed by atoms with E-state index in [0.717, 1.165) is 44.8 Å². The lowest BCUT2D eigenvalue weighted by atomic mass is 10.1. The first-order valence-corrected chi connectivity index (χ1v) is 6.58. The second-order valence-corrected chi connectivity index (χ2v) is 4.34. The van der Waals surface area contributed by atoms with Gasteiger partial charge in [0.25, 0.3) is 0 Å². The van der Waals surface area contributed by atoms with E-state index in [1.54, 1.807) is 13.2 Å². The van der Waals surface area contributed by atoms with Crippen LogP contribution in [0, 0.1) is 11.6 Å². The monoisotopic (exact) mass is 272 g/mol. The Kier molecular flexibility index (Phi) is 8.29. The topological polar surface area (TPSA) is 33.3 Å². The molecule has 0 bridgehead atoms. The smallest absolute Gasteiger partial charge is 0.159 e. The first-order valence-electron chi connectivity index (χ1n) is 6.58. The number of halogens is 2. The fourth-order valence-corrected chi connectivity index (χ4v) is 1.69. The molecule has 0 heterocycles. The molecule has 19 heavy (non-hydrogen) atoms. The van der Waals surface area contributed by atoms with Crippen molar-refractivity contribution in [3.8, 4) is 0 Å². The van der Waals surface area contributed by atoms with Crippen LogP contribution in [0.5, 0.6) is 0 Å². The second kappa shape index (κ2) is 9.83. The zero-order valence-corrected chi connectivity index (χ0v) is 11.3. The van der Waals surface area contributed by atoms with E-state index in [4.69, 9.17) is 4.74 Å². The van der Waals surface area contributed by atoms with Gasteiger partial charge in [-0.2, -0.15) is 0 Å². The van der Waals surface area contributed by atoms with Gasteiger partial charge in [-0.15, -0.1) is 0 Å². The molecule has 0 saturated heterocycles. The van der Waals surface area contributed by atoms with E-state index in [-0.39, 0.29) is 0 Å². The average molecular weight is 272 g/mol. The van der Waals surface area contributed by atoms with E-state index in [9.17, 15) is 8.78 Å². The van der Waals surface area contributed by atoms with Crippen LogP contribution in [-0.2, 0) is 11.2 Å². The zero-order chi connectivity index (χ0) is 13.9. The lowest BCUT2D eigenvalue weighted by Gasteiger charge is -2.06. The molecule has 1 aromatic rings. The molecule has 1 aromatic carbocycles. The first-order chi connectivity index (χ1) is 9.24. The van der Waals surface area contributed by atoms with Gasteiger partial charge < -0.3 is 15.4 Å². The van der Waals surface area contributed by atoms with Crippen molar-refractivity contribution >= 4 is 0 Å². The minimum Gasteiger partial charge on any atom is -0.383 e. The zero-order valence-electron chi connectivity index (χ0n) is 11.3. The maximum absolute atomic E-state index is 12.9. The van der Waals surface area contributed by atoms with Gasteiger partial charge in [-0.3, -0.25) is 0 Å². The third kappa shape index (κ3) is 7.20. The van der Waals surface area contributed by atoms with Gasteiger partial charge in [0, 0.05) is 13.7 Å². The molecule has 3 nitrogen and oxygen atoms in total. The van der Waals surface area contributed by atoms with E-state index >= 15 is 0 Å². The van der Waals surface area contributed by atoms with Gasteiger partial charge in [0.15, 0.2) is 11.6 Å². The Bertz CT molecular complexity index is 361. The molecule has 0 aliphatic heterocycles. The third-order valence-corrected chi connectivity index (χ3v) is 2.76. The van der Waals surface area contributed by atoms with Crippen molar-refractivity contribution in [1.29, 1.82) is 0 Å². The summed E-state index contributed by atoms with van der Waals surface area (Å²) < 4.78 is 30.6. The van der Waals surface area contributed by atoms with Crippen molar-refractivity contribution in [2.45, 2.75) is 12.8 Å². The molecular weight excluding hydrogens is 250 g/mol. The molecule has 0 fully saturated rings. The van der Waals surface area contributed by atoms with E-state index in [1.807, 2.05) is 0 Å². The van der Waals surface area contributed by atoms with Gasteiger partial charge in [0.1, 0.15) is 0 Å².